The van der Waals surface area contributed by atoms with Crippen molar-refractivity contribution in [2.75, 3.05) is 13.7 Å². The third-order valence-corrected chi connectivity index (χ3v) is 3.65. The van der Waals surface area contributed by atoms with Crippen molar-refractivity contribution in [3.63, 3.8) is 0 Å². The predicted octanol–water partition coefficient (Wildman–Crippen LogP) is 1.24. The van der Waals surface area contributed by atoms with Gasteiger partial charge in [0.05, 0.1) is 12.7 Å². The van der Waals surface area contributed by atoms with Crippen molar-refractivity contribution >= 4 is 11.9 Å². The fraction of sp³-hybridized carbons (Fsp3) is 0.333. The van der Waals surface area contributed by atoms with E-state index in [4.69, 9.17) is 9.47 Å². The van der Waals surface area contributed by atoms with Crippen LogP contribution in [-0.2, 0) is 25.6 Å². The number of carbonyl (C=O) groups excluding carboxylic acids is 2. The van der Waals surface area contributed by atoms with Crippen molar-refractivity contribution < 1.29 is 19.1 Å². The molecular weight excluding hydrogens is 258 g/mol. The Morgan fingerprint density at radius 2 is 2.15 bits per heavy atom. The number of nitrogens with zero attached hydrogens (tertiary/aromatic N) is 1. The number of methoxy groups -OCH3 is 1. The molecule has 1 aromatic rings. The zero-order valence-electron chi connectivity index (χ0n) is 11.2. The van der Waals surface area contributed by atoms with Crippen LogP contribution in [0, 0.1) is 0 Å². The van der Waals surface area contributed by atoms with Gasteiger partial charge < -0.3 is 9.47 Å². The largest absolute Gasteiger partial charge is 0.466 e. The van der Waals surface area contributed by atoms with Crippen molar-refractivity contribution in [1.82, 2.24) is 4.90 Å². The van der Waals surface area contributed by atoms with Crippen LogP contribution in [0.25, 0.3) is 0 Å². The quantitative estimate of drug-likeness (QED) is 0.776. The van der Waals surface area contributed by atoms with Gasteiger partial charge in [0.2, 0.25) is 0 Å². The maximum absolute atomic E-state index is 11.7. The van der Waals surface area contributed by atoms with E-state index in [9.17, 15) is 9.59 Å². The molecule has 1 aromatic carbocycles. The summed E-state index contributed by atoms with van der Waals surface area (Å²) in [5.74, 6) is -0.238. The lowest BCUT2D eigenvalue weighted by Gasteiger charge is -2.41. The maximum Gasteiger partial charge on any atom is 0.337 e. The second-order valence-corrected chi connectivity index (χ2v) is 4.86. The zero-order valence-corrected chi connectivity index (χ0v) is 11.2. The van der Waals surface area contributed by atoms with Crippen LogP contribution >= 0.6 is 0 Å². The molecular formula is C15H15NO4. The molecule has 2 aliphatic heterocycles. The van der Waals surface area contributed by atoms with Gasteiger partial charge in [-0.05, 0) is 12.0 Å². The van der Waals surface area contributed by atoms with E-state index in [0.29, 0.717) is 30.8 Å². The number of carbonyl (C=O) groups is 2. The molecule has 1 fully saturated rings. The van der Waals surface area contributed by atoms with Gasteiger partial charge in [0, 0.05) is 13.1 Å². The normalized spacial score (nSPS) is 21.9. The highest BCUT2D eigenvalue weighted by atomic mass is 16.6. The average Bonchev–Trinajstić information content (AvgIpc) is 2.46. The molecule has 5 nitrogen and oxygen atoms in total. The van der Waals surface area contributed by atoms with Crippen LogP contribution < -0.4 is 0 Å². The minimum absolute atomic E-state index is 0.294. The summed E-state index contributed by atoms with van der Waals surface area (Å²) in [6.45, 7) is 1.31. The average molecular weight is 273 g/mol. The standard InChI is InChI=1S/C15H15NO4/c1-19-14(17)11-7-8-16(12-13(11)20-15(12)18)9-10-5-3-2-4-6-10/h2-6,12H,7-9H2,1H3. The van der Waals surface area contributed by atoms with Gasteiger partial charge in [0.25, 0.3) is 0 Å². The van der Waals surface area contributed by atoms with Crippen molar-refractivity contribution in [3.05, 3.63) is 47.2 Å². The second-order valence-electron chi connectivity index (χ2n) is 4.86. The van der Waals surface area contributed by atoms with Gasteiger partial charge in [0.15, 0.2) is 6.04 Å². The molecule has 0 radical (unpaired) electrons. The van der Waals surface area contributed by atoms with E-state index in [0.717, 1.165) is 5.56 Å². The van der Waals surface area contributed by atoms with E-state index in [1.165, 1.54) is 7.11 Å². The molecule has 0 bridgehead atoms. The first-order valence-corrected chi connectivity index (χ1v) is 6.51. The molecule has 104 valence electrons. The van der Waals surface area contributed by atoms with Crippen LogP contribution in [0.15, 0.2) is 41.7 Å². The van der Waals surface area contributed by atoms with E-state index in [2.05, 4.69) is 0 Å². The van der Waals surface area contributed by atoms with Crippen molar-refractivity contribution in [2.24, 2.45) is 0 Å². The second kappa shape index (κ2) is 5.09. The van der Waals surface area contributed by atoms with Gasteiger partial charge in [0.1, 0.15) is 5.76 Å². The van der Waals surface area contributed by atoms with E-state index in [1.54, 1.807) is 0 Å². The van der Waals surface area contributed by atoms with E-state index < -0.39 is 12.0 Å². The molecule has 3 rings (SSSR count). The molecule has 2 aliphatic rings. The number of benzene rings is 1. The summed E-state index contributed by atoms with van der Waals surface area (Å²) in [5, 5.41) is 0. The number of fused-ring (bicyclic) bond motifs is 1. The number of hydrogen-bond donors (Lipinski definition) is 0. The molecule has 0 aliphatic carbocycles. The summed E-state index contributed by atoms with van der Waals surface area (Å²) in [4.78, 5) is 25.3. The number of rotatable bonds is 3. The van der Waals surface area contributed by atoms with Gasteiger partial charge in [-0.3, -0.25) is 4.90 Å². The summed E-state index contributed by atoms with van der Waals surface area (Å²) in [5.41, 5.74) is 1.62. The van der Waals surface area contributed by atoms with Crippen LogP contribution in [0.3, 0.4) is 0 Å². The van der Waals surface area contributed by atoms with Crippen LogP contribution in [-0.4, -0.2) is 36.5 Å². The number of esters is 2. The highest BCUT2D eigenvalue weighted by Gasteiger charge is 2.48. The van der Waals surface area contributed by atoms with Crippen LogP contribution in [0.1, 0.15) is 12.0 Å². The van der Waals surface area contributed by atoms with Gasteiger partial charge in [-0.25, -0.2) is 9.59 Å². The first-order valence-electron chi connectivity index (χ1n) is 6.51. The molecule has 1 unspecified atom stereocenters. The van der Waals surface area contributed by atoms with E-state index in [1.807, 2.05) is 35.2 Å². The molecule has 20 heavy (non-hydrogen) atoms. The van der Waals surface area contributed by atoms with Crippen molar-refractivity contribution in [2.45, 2.75) is 19.0 Å². The SMILES string of the molecule is COC(=O)C1=C2OC(=O)C2N(Cc2ccccc2)CC1. The summed E-state index contributed by atoms with van der Waals surface area (Å²) < 4.78 is 9.77. The molecule has 0 saturated carbocycles. The van der Waals surface area contributed by atoms with Gasteiger partial charge >= 0.3 is 11.9 Å². The molecule has 0 N–H and O–H groups in total. The monoisotopic (exact) mass is 273 g/mol. The molecule has 0 aromatic heterocycles. The summed E-state index contributed by atoms with van der Waals surface area (Å²) in [7, 11) is 1.34. The smallest absolute Gasteiger partial charge is 0.337 e. The Bertz CT molecular complexity index is 579. The number of ether oxygens (including phenoxy) is 2. The third kappa shape index (κ3) is 2.10. The van der Waals surface area contributed by atoms with Crippen molar-refractivity contribution in [3.8, 4) is 0 Å². The Balaban J connectivity index is 1.81. The molecule has 0 amide bonds. The molecule has 5 heteroatoms. The summed E-state index contributed by atoms with van der Waals surface area (Å²) in [6.07, 6.45) is 0.540. The lowest BCUT2D eigenvalue weighted by molar-refractivity contribution is -0.162. The van der Waals surface area contributed by atoms with Crippen LogP contribution in [0.2, 0.25) is 0 Å². The Kier molecular flexibility index (Phi) is 3.28. The first-order chi connectivity index (χ1) is 9.70. The number of hydrogen-bond acceptors (Lipinski definition) is 5. The summed E-state index contributed by atoms with van der Waals surface area (Å²) in [6, 6.07) is 9.49. The fourth-order valence-electron chi connectivity index (χ4n) is 2.63. The van der Waals surface area contributed by atoms with E-state index >= 15 is 0 Å². The highest BCUT2D eigenvalue weighted by Crippen LogP contribution is 2.35. The Hall–Kier alpha value is -2.14. The topological polar surface area (TPSA) is 55.8 Å². The first kappa shape index (κ1) is 12.9. The Morgan fingerprint density at radius 1 is 1.40 bits per heavy atom. The van der Waals surface area contributed by atoms with E-state index in [-0.39, 0.29) is 5.97 Å². The van der Waals surface area contributed by atoms with Gasteiger partial charge in [-0.1, -0.05) is 30.3 Å². The van der Waals surface area contributed by atoms with Gasteiger partial charge in [-0.2, -0.15) is 0 Å². The molecule has 1 atom stereocenters. The maximum atomic E-state index is 11.7. The van der Waals surface area contributed by atoms with Gasteiger partial charge in [-0.15, -0.1) is 0 Å². The Morgan fingerprint density at radius 3 is 2.80 bits per heavy atom. The minimum Gasteiger partial charge on any atom is -0.466 e. The lowest BCUT2D eigenvalue weighted by Crippen LogP contribution is -2.55. The lowest BCUT2D eigenvalue weighted by atomic mass is 9.95. The third-order valence-electron chi connectivity index (χ3n) is 3.65. The molecule has 2 heterocycles. The molecule has 0 spiro atoms. The highest BCUT2D eigenvalue weighted by molar-refractivity contribution is 5.96. The van der Waals surface area contributed by atoms with Crippen molar-refractivity contribution in [1.29, 1.82) is 0 Å². The van der Waals surface area contributed by atoms with Crippen LogP contribution in [0.5, 0.6) is 0 Å². The summed E-state index contributed by atoms with van der Waals surface area (Å²) >= 11 is 0. The Labute approximate surface area is 116 Å². The fourth-order valence-corrected chi connectivity index (χ4v) is 2.63. The molecule has 1 saturated heterocycles. The minimum atomic E-state index is -0.432. The predicted molar refractivity (Wildman–Crippen MR) is 70.4 cm³/mol. The van der Waals surface area contributed by atoms with Crippen LogP contribution in [0.4, 0.5) is 0 Å². The zero-order chi connectivity index (χ0) is 14.1.